The SMILES string of the molecule is CCN=C=NCCCN(C)C.CCO.Cl. The van der Waals surface area contributed by atoms with E-state index in [2.05, 4.69) is 35.0 Å². The van der Waals surface area contributed by atoms with E-state index in [0.717, 1.165) is 26.1 Å². The number of halogens is 1. The average Bonchev–Trinajstić information content (AvgIpc) is 2.12. The predicted octanol–water partition coefficient (Wildman–Crippen LogP) is 1.55. The summed E-state index contributed by atoms with van der Waals surface area (Å²) in [5.41, 5.74) is 0. The fourth-order valence-corrected chi connectivity index (χ4v) is 0.637. The van der Waals surface area contributed by atoms with Gasteiger partial charge in [-0.25, -0.2) is 9.98 Å². The van der Waals surface area contributed by atoms with Crippen molar-refractivity contribution in [3.63, 3.8) is 0 Å². The third-order valence-electron chi connectivity index (χ3n) is 1.17. The normalized spacial score (nSPS) is 8.13. The van der Waals surface area contributed by atoms with Crippen LogP contribution in [-0.4, -0.2) is 56.4 Å². The molecule has 1 N–H and O–H groups in total. The Balaban J connectivity index is -0.000000320. The minimum Gasteiger partial charge on any atom is -0.397 e. The fourth-order valence-electron chi connectivity index (χ4n) is 0.637. The van der Waals surface area contributed by atoms with Gasteiger partial charge in [-0.3, -0.25) is 0 Å². The van der Waals surface area contributed by atoms with Gasteiger partial charge in [-0.05, 0) is 40.9 Å². The second kappa shape index (κ2) is 19.2. The molecule has 0 heterocycles. The van der Waals surface area contributed by atoms with E-state index < -0.39 is 0 Å². The molecule has 0 saturated carbocycles. The quantitative estimate of drug-likeness (QED) is 0.583. The lowest BCUT2D eigenvalue weighted by Gasteiger charge is -2.05. The molecule has 0 rings (SSSR count). The first-order chi connectivity index (χ1) is 6.68. The maximum absolute atomic E-state index is 7.57. The Morgan fingerprint density at radius 2 is 1.73 bits per heavy atom. The summed E-state index contributed by atoms with van der Waals surface area (Å²) < 4.78 is 0. The third kappa shape index (κ3) is 31.7. The smallest absolute Gasteiger partial charge is 0.0892 e. The van der Waals surface area contributed by atoms with Crippen molar-refractivity contribution in [1.82, 2.24) is 4.90 Å². The number of aliphatic imine (C=N–C) groups is 2. The van der Waals surface area contributed by atoms with Crippen molar-refractivity contribution in [3.05, 3.63) is 0 Å². The van der Waals surface area contributed by atoms with E-state index >= 15 is 0 Å². The Labute approximate surface area is 99.5 Å². The Bertz CT molecular complexity index is 157. The van der Waals surface area contributed by atoms with Gasteiger partial charge in [0.2, 0.25) is 0 Å². The van der Waals surface area contributed by atoms with E-state index in [9.17, 15) is 0 Å². The van der Waals surface area contributed by atoms with Crippen molar-refractivity contribution >= 4 is 18.4 Å². The first-order valence-electron chi connectivity index (χ1n) is 5.02. The molecule has 0 unspecified atom stereocenters. The highest BCUT2D eigenvalue weighted by molar-refractivity contribution is 5.85. The summed E-state index contributed by atoms with van der Waals surface area (Å²) in [6.45, 7) is 6.60. The van der Waals surface area contributed by atoms with E-state index in [0.29, 0.717) is 0 Å². The first kappa shape index (κ1) is 20.1. The fraction of sp³-hybridized carbons (Fsp3) is 0.900. The Hall–Kier alpha value is -0.410. The lowest BCUT2D eigenvalue weighted by molar-refractivity contribution is 0.318. The van der Waals surface area contributed by atoms with Gasteiger partial charge in [0, 0.05) is 13.2 Å². The van der Waals surface area contributed by atoms with Crippen LogP contribution in [0, 0.1) is 0 Å². The Morgan fingerprint density at radius 3 is 2.13 bits per heavy atom. The highest BCUT2D eigenvalue weighted by atomic mass is 35.5. The second-order valence-electron chi connectivity index (χ2n) is 2.93. The molecule has 0 atom stereocenters. The van der Waals surface area contributed by atoms with Crippen LogP contribution in [0.15, 0.2) is 9.98 Å². The molecule has 0 spiro atoms. The third-order valence-corrected chi connectivity index (χ3v) is 1.17. The molecule has 5 heteroatoms. The average molecular weight is 238 g/mol. The van der Waals surface area contributed by atoms with Crippen LogP contribution < -0.4 is 0 Å². The minimum atomic E-state index is 0. The molecule has 0 aromatic rings. The highest BCUT2D eigenvalue weighted by Gasteiger charge is 1.86. The van der Waals surface area contributed by atoms with Crippen LogP contribution in [0.3, 0.4) is 0 Å². The topological polar surface area (TPSA) is 48.2 Å². The summed E-state index contributed by atoms with van der Waals surface area (Å²) in [5, 5.41) is 7.57. The van der Waals surface area contributed by atoms with Gasteiger partial charge in [-0.15, -0.1) is 12.4 Å². The summed E-state index contributed by atoms with van der Waals surface area (Å²) in [4.78, 5) is 9.99. The lowest BCUT2D eigenvalue weighted by Crippen LogP contribution is -2.13. The molecule has 0 fully saturated rings. The Morgan fingerprint density at radius 1 is 1.20 bits per heavy atom. The number of hydrogen-bond acceptors (Lipinski definition) is 4. The van der Waals surface area contributed by atoms with Crippen LogP contribution in [0.25, 0.3) is 0 Å². The molecule has 15 heavy (non-hydrogen) atoms. The minimum absolute atomic E-state index is 0. The van der Waals surface area contributed by atoms with Crippen LogP contribution in [-0.2, 0) is 0 Å². The van der Waals surface area contributed by atoms with Crippen LogP contribution in [0.5, 0.6) is 0 Å². The van der Waals surface area contributed by atoms with Gasteiger partial charge in [0.1, 0.15) is 0 Å². The van der Waals surface area contributed by atoms with Crippen molar-refractivity contribution in [2.45, 2.75) is 20.3 Å². The number of nitrogens with zero attached hydrogens (tertiary/aromatic N) is 3. The molecule has 0 aliphatic heterocycles. The number of aliphatic hydroxyl groups is 1. The molecule has 92 valence electrons. The maximum Gasteiger partial charge on any atom is 0.0892 e. The summed E-state index contributed by atoms with van der Waals surface area (Å²) in [6.07, 6.45) is 1.08. The Kier molecular flexibility index (Phi) is 25.7. The van der Waals surface area contributed by atoms with E-state index in [-0.39, 0.29) is 19.0 Å². The molecular weight excluding hydrogens is 214 g/mol. The van der Waals surface area contributed by atoms with E-state index in [1.165, 1.54) is 0 Å². The lowest BCUT2D eigenvalue weighted by atomic mass is 10.4. The van der Waals surface area contributed by atoms with E-state index in [1.54, 1.807) is 6.92 Å². The molecule has 0 aromatic heterocycles. The summed E-state index contributed by atoms with van der Waals surface area (Å²) in [7, 11) is 4.12. The van der Waals surface area contributed by atoms with Gasteiger partial charge in [-0.2, -0.15) is 0 Å². The molecule has 0 bridgehead atoms. The van der Waals surface area contributed by atoms with Crippen molar-refractivity contribution < 1.29 is 5.11 Å². The van der Waals surface area contributed by atoms with Crippen LogP contribution >= 0.6 is 12.4 Å². The molecule has 0 amide bonds. The zero-order valence-corrected chi connectivity index (χ0v) is 11.0. The van der Waals surface area contributed by atoms with Crippen molar-refractivity contribution in [3.8, 4) is 0 Å². The monoisotopic (exact) mass is 237 g/mol. The molecule has 0 saturated heterocycles. The summed E-state index contributed by atoms with van der Waals surface area (Å²) in [5.74, 6) is 0. The van der Waals surface area contributed by atoms with Crippen LogP contribution in [0.1, 0.15) is 20.3 Å². The van der Waals surface area contributed by atoms with Gasteiger partial charge >= 0.3 is 0 Å². The second-order valence-corrected chi connectivity index (χ2v) is 2.93. The molecule has 0 aliphatic rings. The van der Waals surface area contributed by atoms with Crippen molar-refractivity contribution in [1.29, 1.82) is 0 Å². The van der Waals surface area contributed by atoms with E-state index in [1.807, 2.05) is 6.92 Å². The van der Waals surface area contributed by atoms with Gasteiger partial charge in [0.15, 0.2) is 0 Å². The zero-order valence-electron chi connectivity index (χ0n) is 10.2. The van der Waals surface area contributed by atoms with Gasteiger partial charge in [0.25, 0.3) is 0 Å². The molecular formula is C10H24ClN3O. The highest BCUT2D eigenvalue weighted by Crippen LogP contribution is 1.82. The van der Waals surface area contributed by atoms with E-state index in [4.69, 9.17) is 5.11 Å². The maximum atomic E-state index is 7.57. The standard InChI is InChI=1S/C8H17N3.C2H6O.ClH/c1-4-9-8-10-6-5-7-11(2)3;1-2-3;/h4-7H2,1-3H3;3H,2H2,1H3;1H. The van der Waals surface area contributed by atoms with Gasteiger partial charge in [0.05, 0.1) is 12.6 Å². The van der Waals surface area contributed by atoms with Crippen LogP contribution in [0.2, 0.25) is 0 Å². The number of aliphatic hydroxyl groups excluding tert-OH is 1. The van der Waals surface area contributed by atoms with Crippen LogP contribution in [0.4, 0.5) is 0 Å². The molecule has 4 nitrogen and oxygen atoms in total. The van der Waals surface area contributed by atoms with Crippen molar-refractivity contribution in [2.24, 2.45) is 9.98 Å². The molecule has 0 aromatic carbocycles. The molecule has 0 aliphatic carbocycles. The number of rotatable bonds is 5. The zero-order chi connectivity index (χ0) is 11.2. The number of hydrogen-bond donors (Lipinski definition) is 1. The van der Waals surface area contributed by atoms with Crippen molar-refractivity contribution in [2.75, 3.05) is 40.3 Å². The summed E-state index contributed by atoms with van der Waals surface area (Å²) in [6, 6.07) is 2.64. The molecule has 0 radical (unpaired) electrons. The summed E-state index contributed by atoms with van der Waals surface area (Å²) >= 11 is 0. The van der Waals surface area contributed by atoms with Gasteiger partial charge in [-0.1, -0.05) is 0 Å². The first-order valence-corrected chi connectivity index (χ1v) is 5.02. The largest absolute Gasteiger partial charge is 0.397 e. The van der Waals surface area contributed by atoms with Gasteiger partial charge < -0.3 is 10.0 Å². The predicted molar refractivity (Wildman–Crippen MR) is 68.4 cm³/mol.